The summed E-state index contributed by atoms with van der Waals surface area (Å²) in [6.07, 6.45) is 2.66. The molecule has 0 unspecified atom stereocenters. The third kappa shape index (κ3) is 3.53. The summed E-state index contributed by atoms with van der Waals surface area (Å²) < 4.78 is 11.7. The van der Waals surface area contributed by atoms with Gasteiger partial charge in [-0.05, 0) is 32.9 Å². The quantitative estimate of drug-likeness (QED) is 0.860. The zero-order valence-electron chi connectivity index (χ0n) is 12.6. The van der Waals surface area contributed by atoms with Gasteiger partial charge in [0.15, 0.2) is 0 Å². The first-order valence-corrected chi connectivity index (χ1v) is 6.52. The summed E-state index contributed by atoms with van der Waals surface area (Å²) in [5.74, 6) is 0.624. The van der Waals surface area contributed by atoms with Gasteiger partial charge < -0.3 is 15.2 Å². The molecule has 0 spiro atoms. The Bertz CT molecular complexity index is 656. The number of methoxy groups -OCH3 is 1. The van der Waals surface area contributed by atoms with Gasteiger partial charge in [-0.1, -0.05) is 0 Å². The average Bonchev–Trinajstić information content (AvgIpc) is 2.86. The zero-order valence-corrected chi connectivity index (χ0v) is 12.6. The van der Waals surface area contributed by atoms with Crippen LogP contribution in [0.4, 0.5) is 10.5 Å². The van der Waals surface area contributed by atoms with Crippen molar-refractivity contribution in [3.8, 4) is 16.9 Å². The smallest absolute Gasteiger partial charge is 0.435 e. The Kier molecular flexibility index (Phi) is 3.88. The van der Waals surface area contributed by atoms with E-state index in [1.54, 1.807) is 52.4 Å². The van der Waals surface area contributed by atoms with Crippen molar-refractivity contribution in [3.05, 3.63) is 30.6 Å². The molecule has 0 radical (unpaired) electrons. The Morgan fingerprint density at radius 2 is 2.05 bits per heavy atom. The molecule has 1 aromatic heterocycles. The average molecular weight is 289 g/mol. The molecule has 6 heteroatoms. The third-order valence-corrected chi connectivity index (χ3v) is 2.70. The van der Waals surface area contributed by atoms with Gasteiger partial charge in [0.1, 0.15) is 11.4 Å². The lowest BCUT2D eigenvalue weighted by molar-refractivity contribution is 0.0514. The lowest BCUT2D eigenvalue weighted by Crippen LogP contribution is -2.27. The predicted octanol–water partition coefficient (Wildman–Crippen LogP) is 2.92. The second-order valence-corrected chi connectivity index (χ2v) is 5.61. The summed E-state index contributed by atoms with van der Waals surface area (Å²) >= 11 is 0. The molecule has 0 saturated carbocycles. The molecule has 0 aliphatic carbocycles. The largest absolute Gasteiger partial charge is 0.496 e. The van der Waals surface area contributed by atoms with Crippen molar-refractivity contribution in [1.29, 1.82) is 0 Å². The van der Waals surface area contributed by atoms with Gasteiger partial charge in [-0.25, -0.2) is 4.79 Å². The van der Waals surface area contributed by atoms with Gasteiger partial charge in [0.2, 0.25) is 0 Å². The SMILES string of the molecule is COc1cc(N)ccc1-c1cnn(C(=O)OC(C)(C)C)c1. The second kappa shape index (κ2) is 5.47. The van der Waals surface area contributed by atoms with Crippen LogP contribution in [0.25, 0.3) is 11.1 Å². The maximum atomic E-state index is 11.9. The number of carbonyl (C=O) groups excluding carboxylic acids is 1. The van der Waals surface area contributed by atoms with Crippen LogP contribution in [0.1, 0.15) is 20.8 Å². The topological polar surface area (TPSA) is 79.4 Å². The van der Waals surface area contributed by atoms with Crippen LogP contribution in [0.15, 0.2) is 30.6 Å². The van der Waals surface area contributed by atoms with Crippen molar-refractivity contribution in [2.45, 2.75) is 26.4 Å². The molecule has 0 aliphatic rings. The van der Waals surface area contributed by atoms with Gasteiger partial charge >= 0.3 is 6.09 Å². The predicted molar refractivity (Wildman–Crippen MR) is 80.3 cm³/mol. The molecule has 0 bridgehead atoms. The minimum absolute atomic E-state index is 0.525. The third-order valence-electron chi connectivity index (χ3n) is 2.70. The fraction of sp³-hybridized carbons (Fsp3) is 0.333. The van der Waals surface area contributed by atoms with Crippen LogP contribution >= 0.6 is 0 Å². The summed E-state index contributed by atoms with van der Waals surface area (Å²) in [5.41, 5.74) is 7.32. The molecule has 0 aliphatic heterocycles. The zero-order chi connectivity index (χ0) is 15.6. The van der Waals surface area contributed by atoms with Crippen LogP contribution in [0.5, 0.6) is 5.75 Å². The maximum Gasteiger partial charge on any atom is 0.435 e. The van der Waals surface area contributed by atoms with E-state index in [1.165, 1.54) is 0 Å². The molecule has 2 aromatic rings. The van der Waals surface area contributed by atoms with Crippen molar-refractivity contribution in [1.82, 2.24) is 9.78 Å². The maximum absolute atomic E-state index is 11.9. The summed E-state index contributed by atoms with van der Waals surface area (Å²) in [4.78, 5) is 11.9. The summed E-state index contributed by atoms with van der Waals surface area (Å²) in [6.45, 7) is 5.41. The van der Waals surface area contributed by atoms with Gasteiger partial charge in [-0.15, -0.1) is 0 Å². The van der Waals surface area contributed by atoms with E-state index in [0.717, 1.165) is 15.8 Å². The molecule has 1 heterocycles. The van der Waals surface area contributed by atoms with Crippen molar-refractivity contribution in [3.63, 3.8) is 0 Å². The summed E-state index contributed by atoms with van der Waals surface area (Å²) in [5, 5.41) is 4.03. The first kappa shape index (κ1) is 14.9. The molecule has 21 heavy (non-hydrogen) atoms. The molecule has 1 aromatic carbocycles. The van der Waals surface area contributed by atoms with Crippen LogP contribution in [-0.2, 0) is 4.74 Å². The second-order valence-electron chi connectivity index (χ2n) is 5.61. The van der Waals surface area contributed by atoms with Crippen LogP contribution in [0.2, 0.25) is 0 Å². The molecule has 2 N–H and O–H groups in total. The number of benzene rings is 1. The Morgan fingerprint density at radius 3 is 2.67 bits per heavy atom. The number of nitrogens with zero attached hydrogens (tertiary/aromatic N) is 2. The first-order chi connectivity index (χ1) is 9.80. The Labute approximate surface area is 123 Å². The Hall–Kier alpha value is -2.50. The number of hydrogen-bond acceptors (Lipinski definition) is 5. The lowest BCUT2D eigenvalue weighted by atomic mass is 10.1. The van der Waals surface area contributed by atoms with Gasteiger partial charge in [0.25, 0.3) is 0 Å². The van der Waals surface area contributed by atoms with Crippen LogP contribution < -0.4 is 10.5 Å². The molecule has 0 amide bonds. The monoisotopic (exact) mass is 289 g/mol. The van der Waals surface area contributed by atoms with Crippen molar-refractivity contribution < 1.29 is 14.3 Å². The van der Waals surface area contributed by atoms with Crippen LogP contribution in [-0.4, -0.2) is 28.6 Å². The molecule has 0 fully saturated rings. The van der Waals surface area contributed by atoms with E-state index in [9.17, 15) is 4.79 Å². The Balaban J connectivity index is 2.30. The van der Waals surface area contributed by atoms with E-state index in [0.29, 0.717) is 11.4 Å². The molecule has 0 saturated heterocycles. The van der Waals surface area contributed by atoms with Gasteiger partial charge in [0, 0.05) is 29.1 Å². The van der Waals surface area contributed by atoms with E-state index in [4.69, 9.17) is 15.2 Å². The van der Waals surface area contributed by atoms with E-state index >= 15 is 0 Å². The highest BCUT2D eigenvalue weighted by Crippen LogP contribution is 2.31. The van der Waals surface area contributed by atoms with E-state index in [2.05, 4.69) is 5.10 Å². The first-order valence-electron chi connectivity index (χ1n) is 6.52. The molecule has 0 atom stereocenters. The highest BCUT2D eigenvalue weighted by molar-refractivity contribution is 5.76. The minimum atomic E-state index is -0.567. The molecule has 112 valence electrons. The number of nitrogens with two attached hydrogens (primary N) is 1. The molecule has 6 nitrogen and oxygen atoms in total. The fourth-order valence-electron chi connectivity index (χ4n) is 1.82. The Morgan fingerprint density at radius 1 is 1.33 bits per heavy atom. The van der Waals surface area contributed by atoms with E-state index < -0.39 is 11.7 Å². The fourth-order valence-corrected chi connectivity index (χ4v) is 1.82. The number of rotatable bonds is 2. The normalized spacial score (nSPS) is 11.2. The van der Waals surface area contributed by atoms with E-state index in [-0.39, 0.29) is 0 Å². The van der Waals surface area contributed by atoms with Gasteiger partial charge in [-0.2, -0.15) is 9.78 Å². The number of hydrogen-bond donors (Lipinski definition) is 1. The number of anilines is 1. The van der Waals surface area contributed by atoms with E-state index in [1.807, 2.05) is 6.07 Å². The van der Waals surface area contributed by atoms with Crippen LogP contribution in [0, 0.1) is 0 Å². The lowest BCUT2D eigenvalue weighted by Gasteiger charge is -2.18. The van der Waals surface area contributed by atoms with Crippen LogP contribution in [0.3, 0.4) is 0 Å². The number of carbonyl (C=O) groups is 1. The highest BCUT2D eigenvalue weighted by atomic mass is 16.6. The molecular weight excluding hydrogens is 270 g/mol. The van der Waals surface area contributed by atoms with Crippen molar-refractivity contribution in [2.75, 3.05) is 12.8 Å². The molecule has 2 rings (SSSR count). The number of nitrogen functional groups attached to an aromatic ring is 1. The van der Waals surface area contributed by atoms with Gasteiger partial charge in [0.05, 0.1) is 13.3 Å². The van der Waals surface area contributed by atoms with Gasteiger partial charge in [-0.3, -0.25) is 0 Å². The summed E-state index contributed by atoms with van der Waals surface area (Å²) in [7, 11) is 1.57. The molecular formula is C15H19N3O3. The van der Waals surface area contributed by atoms with Crippen molar-refractivity contribution in [2.24, 2.45) is 0 Å². The van der Waals surface area contributed by atoms with Crippen molar-refractivity contribution >= 4 is 11.8 Å². The minimum Gasteiger partial charge on any atom is -0.496 e. The highest BCUT2D eigenvalue weighted by Gasteiger charge is 2.19. The number of ether oxygens (including phenoxy) is 2. The summed E-state index contributed by atoms with van der Waals surface area (Å²) in [6, 6.07) is 5.31. The number of aromatic nitrogens is 2. The standard InChI is InChI=1S/C15H19N3O3/c1-15(2,3)21-14(19)18-9-10(8-17-18)12-6-5-11(16)7-13(12)20-4/h5-9H,16H2,1-4H3.